The van der Waals surface area contributed by atoms with Gasteiger partial charge in [0.05, 0.1) is 12.1 Å². The van der Waals surface area contributed by atoms with Crippen molar-refractivity contribution < 1.29 is 9.50 Å². The lowest BCUT2D eigenvalue weighted by Gasteiger charge is -2.02. The molecule has 0 saturated carbocycles. The number of rotatable bonds is 2. The zero-order valence-electron chi connectivity index (χ0n) is 7.74. The molecule has 0 bridgehead atoms. The van der Waals surface area contributed by atoms with Gasteiger partial charge >= 0.3 is 0 Å². The van der Waals surface area contributed by atoms with E-state index in [-0.39, 0.29) is 17.6 Å². The minimum atomic E-state index is -0.368. The lowest BCUT2D eigenvalue weighted by Crippen LogP contribution is -1.99. The Morgan fingerprint density at radius 2 is 2.13 bits per heavy atom. The van der Waals surface area contributed by atoms with Gasteiger partial charge < -0.3 is 5.11 Å². The normalized spacial score (nSPS) is 10.9. The maximum atomic E-state index is 12.9. The molecule has 15 heavy (non-hydrogen) atoms. The highest BCUT2D eigenvalue weighted by Gasteiger charge is 2.06. The molecule has 0 aliphatic carbocycles. The number of aliphatic hydroxyl groups excluding tert-OH is 1. The molecular formula is C10H8ClFN2O. The number of hydrogen-bond donors (Lipinski definition) is 1. The van der Waals surface area contributed by atoms with Crippen LogP contribution in [-0.4, -0.2) is 21.7 Å². The van der Waals surface area contributed by atoms with E-state index < -0.39 is 0 Å². The number of halogens is 2. The number of aromatic nitrogens is 2. The molecule has 0 atom stereocenters. The molecule has 1 heterocycles. The second-order valence-electron chi connectivity index (χ2n) is 3.07. The molecule has 78 valence electrons. The third kappa shape index (κ3) is 2.06. The molecule has 1 aromatic heterocycles. The Bertz CT molecular complexity index is 504. The Morgan fingerprint density at radius 1 is 1.33 bits per heavy atom. The van der Waals surface area contributed by atoms with Gasteiger partial charge in [0.15, 0.2) is 0 Å². The summed E-state index contributed by atoms with van der Waals surface area (Å²) in [6.07, 6.45) is 0.312. The predicted octanol–water partition coefficient (Wildman–Crippen LogP) is 1.96. The van der Waals surface area contributed by atoms with E-state index in [1.54, 1.807) is 0 Å². The van der Waals surface area contributed by atoms with Crippen molar-refractivity contribution in [2.24, 2.45) is 0 Å². The van der Waals surface area contributed by atoms with E-state index in [4.69, 9.17) is 16.7 Å². The van der Waals surface area contributed by atoms with Crippen LogP contribution in [0, 0.1) is 5.82 Å². The Labute approximate surface area is 90.5 Å². The van der Waals surface area contributed by atoms with Crippen LogP contribution in [0.2, 0.25) is 5.15 Å². The molecule has 1 aromatic carbocycles. The van der Waals surface area contributed by atoms with Crippen LogP contribution in [-0.2, 0) is 6.42 Å². The highest BCUT2D eigenvalue weighted by atomic mass is 35.5. The molecule has 0 saturated heterocycles. The van der Waals surface area contributed by atoms with Gasteiger partial charge in [0.25, 0.3) is 0 Å². The Kier molecular flexibility index (Phi) is 2.79. The molecule has 2 aromatic rings. The third-order valence-corrected chi connectivity index (χ3v) is 2.28. The van der Waals surface area contributed by atoms with Crippen molar-refractivity contribution in [3.8, 4) is 0 Å². The lowest BCUT2D eigenvalue weighted by atomic mass is 10.2. The van der Waals surface area contributed by atoms with E-state index in [1.165, 1.54) is 18.2 Å². The average molecular weight is 227 g/mol. The van der Waals surface area contributed by atoms with Gasteiger partial charge in [-0.25, -0.2) is 14.4 Å². The highest BCUT2D eigenvalue weighted by molar-refractivity contribution is 6.34. The molecule has 5 heteroatoms. The molecule has 0 unspecified atom stereocenters. The van der Waals surface area contributed by atoms with Crippen LogP contribution in [0.5, 0.6) is 0 Å². The average Bonchev–Trinajstić information content (AvgIpc) is 2.17. The minimum absolute atomic E-state index is 0.0584. The minimum Gasteiger partial charge on any atom is -0.396 e. The van der Waals surface area contributed by atoms with Crippen molar-refractivity contribution in [1.82, 2.24) is 9.97 Å². The molecule has 0 amide bonds. The van der Waals surface area contributed by atoms with Crippen molar-refractivity contribution >= 4 is 22.5 Å². The molecule has 0 radical (unpaired) electrons. The van der Waals surface area contributed by atoms with Crippen molar-refractivity contribution in [2.45, 2.75) is 6.42 Å². The maximum absolute atomic E-state index is 12.9. The number of hydrogen-bond acceptors (Lipinski definition) is 3. The van der Waals surface area contributed by atoms with Gasteiger partial charge in [-0.3, -0.25) is 0 Å². The standard InChI is InChI=1S/C10H8ClFN2O/c11-10-7-2-1-6(12)5-8(7)13-9(14-10)3-4-15/h1-2,5,15H,3-4H2. The zero-order chi connectivity index (χ0) is 10.8. The zero-order valence-corrected chi connectivity index (χ0v) is 8.50. The molecule has 0 aliphatic rings. The van der Waals surface area contributed by atoms with Crippen molar-refractivity contribution in [3.63, 3.8) is 0 Å². The molecular weight excluding hydrogens is 219 g/mol. The summed E-state index contributed by atoms with van der Waals surface area (Å²) < 4.78 is 12.9. The van der Waals surface area contributed by atoms with Crippen LogP contribution in [0.25, 0.3) is 10.9 Å². The van der Waals surface area contributed by atoms with Crippen molar-refractivity contribution in [1.29, 1.82) is 0 Å². The first-order valence-corrected chi connectivity index (χ1v) is 4.81. The van der Waals surface area contributed by atoms with E-state index in [9.17, 15) is 4.39 Å². The number of fused-ring (bicyclic) bond motifs is 1. The third-order valence-electron chi connectivity index (χ3n) is 1.99. The van der Waals surface area contributed by atoms with Gasteiger partial charge in [-0.2, -0.15) is 0 Å². The Hall–Kier alpha value is -1.26. The van der Waals surface area contributed by atoms with Crippen molar-refractivity contribution in [2.75, 3.05) is 6.61 Å². The van der Waals surface area contributed by atoms with E-state index >= 15 is 0 Å². The van der Waals surface area contributed by atoms with E-state index in [0.717, 1.165) is 0 Å². The molecule has 0 spiro atoms. The van der Waals surface area contributed by atoms with Gasteiger partial charge in [0.2, 0.25) is 0 Å². The van der Waals surface area contributed by atoms with E-state index in [0.29, 0.717) is 23.1 Å². The van der Waals surface area contributed by atoms with Crippen LogP contribution in [0.1, 0.15) is 5.82 Å². The second-order valence-corrected chi connectivity index (χ2v) is 3.42. The molecule has 0 fully saturated rings. The first-order valence-electron chi connectivity index (χ1n) is 4.43. The summed E-state index contributed by atoms with van der Waals surface area (Å²) in [6.45, 7) is -0.0584. The largest absolute Gasteiger partial charge is 0.396 e. The Morgan fingerprint density at radius 3 is 2.87 bits per heavy atom. The smallest absolute Gasteiger partial charge is 0.140 e. The topological polar surface area (TPSA) is 46.0 Å². The summed E-state index contributed by atoms with van der Waals surface area (Å²) in [5, 5.41) is 9.63. The fourth-order valence-electron chi connectivity index (χ4n) is 1.32. The summed E-state index contributed by atoms with van der Waals surface area (Å²) in [6, 6.07) is 4.14. The van der Waals surface area contributed by atoms with E-state index in [2.05, 4.69) is 9.97 Å². The van der Waals surface area contributed by atoms with Crippen molar-refractivity contribution in [3.05, 3.63) is 35.0 Å². The van der Waals surface area contributed by atoms with Crippen LogP contribution < -0.4 is 0 Å². The maximum Gasteiger partial charge on any atom is 0.140 e. The van der Waals surface area contributed by atoms with Crippen LogP contribution in [0.4, 0.5) is 4.39 Å². The number of benzene rings is 1. The highest BCUT2D eigenvalue weighted by Crippen LogP contribution is 2.21. The van der Waals surface area contributed by atoms with Crippen LogP contribution >= 0.6 is 11.6 Å². The fourth-order valence-corrected chi connectivity index (χ4v) is 1.58. The fraction of sp³-hybridized carbons (Fsp3) is 0.200. The predicted molar refractivity (Wildman–Crippen MR) is 55.3 cm³/mol. The summed E-state index contributed by atoms with van der Waals surface area (Å²) in [4.78, 5) is 8.08. The SMILES string of the molecule is OCCc1nc(Cl)c2ccc(F)cc2n1. The molecule has 2 rings (SSSR count). The number of aliphatic hydroxyl groups is 1. The van der Waals surface area contributed by atoms with Gasteiger partial charge in [-0.1, -0.05) is 11.6 Å². The van der Waals surface area contributed by atoms with Gasteiger partial charge in [0, 0.05) is 17.9 Å². The van der Waals surface area contributed by atoms with E-state index in [1.807, 2.05) is 0 Å². The van der Waals surface area contributed by atoms with Crippen LogP contribution in [0.3, 0.4) is 0 Å². The summed E-state index contributed by atoms with van der Waals surface area (Å²) in [5.74, 6) is 0.0489. The molecule has 0 aliphatic heterocycles. The summed E-state index contributed by atoms with van der Waals surface area (Å²) >= 11 is 5.90. The summed E-state index contributed by atoms with van der Waals surface area (Å²) in [7, 11) is 0. The lowest BCUT2D eigenvalue weighted by molar-refractivity contribution is 0.297. The van der Waals surface area contributed by atoms with Crippen LogP contribution in [0.15, 0.2) is 18.2 Å². The molecule has 1 N–H and O–H groups in total. The Balaban J connectivity index is 2.63. The van der Waals surface area contributed by atoms with Gasteiger partial charge in [0.1, 0.15) is 16.8 Å². The first kappa shape index (κ1) is 10.3. The molecule has 3 nitrogen and oxygen atoms in total. The number of nitrogens with zero attached hydrogens (tertiary/aromatic N) is 2. The quantitative estimate of drug-likeness (QED) is 0.797. The summed E-state index contributed by atoms with van der Waals surface area (Å²) in [5.41, 5.74) is 0.457. The second kappa shape index (κ2) is 4.08. The van der Waals surface area contributed by atoms with Gasteiger partial charge in [-0.15, -0.1) is 0 Å². The first-order chi connectivity index (χ1) is 7.20. The monoisotopic (exact) mass is 226 g/mol. The van der Waals surface area contributed by atoms with Gasteiger partial charge in [-0.05, 0) is 12.1 Å².